The molecule has 2 aromatic carbocycles. The van der Waals surface area contributed by atoms with Crippen LogP contribution in [-0.2, 0) is 6.42 Å². The summed E-state index contributed by atoms with van der Waals surface area (Å²) in [6, 6.07) is 22.7. The molecule has 138 valence electrons. The van der Waals surface area contributed by atoms with E-state index in [0.29, 0.717) is 29.2 Å². The van der Waals surface area contributed by atoms with Crippen LogP contribution in [0.2, 0.25) is 5.02 Å². The highest BCUT2D eigenvalue weighted by Crippen LogP contribution is 2.23. The molecule has 4 aromatic rings. The average molecular weight is 388 g/mol. The van der Waals surface area contributed by atoms with Crippen molar-refractivity contribution in [1.29, 1.82) is 0 Å². The number of hydrogen-bond acceptors (Lipinski definition) is 3. The molecule has 2 heterocycles. The Morgan fingerprint density at radius 1 is 0.929 bits per heavy atom. The van der Waals surface area contributed by atoms with E-state index in [1.54, 1.807) is 12.3 Å². The third kappa shape index (κ3) is 3.87. The summed E-state index contributed by atoms with van der Waals surface area (Å²) in [5.74, 6) is -0.136. The van der Waals surface area contributed by atoms with Gasteiger partial charge >= 0.3 is 0 Å². The fourth-order valence-corrected chi connectivity index (χ4v) is 3.35. The van der Waals surface area contributed by atoms with Crippen LogP contribution in [0.3, 0.4) is 0 Å². The number of halogens is 1. The number of carbonyl (C=O) groups is 1. The van der Waals surface area contributed by atoms with E-state index in [4.69, 9.17) is 11.6 Å². The van der Waals surface area contributed by atoms with Crippen molar-refractivity contribution in [3.8, 4) is 11.4 Å². The molecule has 0 atom stereocenters. The van der Waals surface area contributed by atoms with Crippen LogP contribution in [0.5, 0.6) is 0 Å². The fraction of sp³-hybridized carbons (Fsp3) is 0.0870. The first-order chi connectivity index (χ1) is 13.7. The molecule has 0 aliphatic rings. The van der Waals surface area contributed by atoms with Crippen molar-refractivity contribution in [2.45, 2.75) is 6.42 Å². The van der Waals surface area contributed by atoms with E-state index in [1.807, 2.05) is 66.7 Å². The molecule has 28 heavy (non-hydrogen) atoms. The molecule has 0 spiro atoms. The minimum Gasteiger partial charge on any atom is -0.352 e. The maximum atomic E-state index is 12.9. The number of rotatable bonds is 5. The Labute approximate surface area is 168 Å². The molecule has 5 heteroatoms. The van der Waals surface area contributed by atoms with Gasteiger partial charge in [-0.25, -0.2) is 4.98 Å². The SMILES string of the molecule is O=C(NCCc1ccccc1Cl)c1cc(-c2ccccn2)nc2ccccc12. The van der Waals surface area contributed by atoms with Crippen molar-refractivity contribution in [3.05, 3.63) is 95.1 Å². The first-order valence-electron chi connectivity index (χ1n) is 9.05. The van der Waals surface area contributed by atoms with Crippen LogP contribution in [-0.4, -0.2) is 22.4 Å². The smallest absolute Gasteiger partial charge is 0.252 e. The van der Waals surface area contributed by atoms with E-state index in [2.05, 4.69) is 15.3 Å². The number of para-hydroxylation sites is 1. The molecule has 0 saturated carbocycles. The number of carbonyl (C=O) groups excluding carboxylic acids is 1. The van der Waals surface area contributed by atoms with Crippen molar-refractivity contribution in [1.82, 2.24) is 15.3 Å². The topological polar surface area (TPSA) is 54.9 Å². The van der Waals surface area contributed by atoms with E-state index in [1.165, 1.54) is 0 Å². The van der Waals surface area contributed by atoms with E-state index >= 15 is 0 Å². The number of nitrogens with one attached hydrogen (secondary N) is 1. The third-order valence-corrected chi connectivity index (χ3v) is 4.89. The summed E-state index contributed by atoms with van der Waals surface area (Å²) in [5.41, 5.74) is 3.78. The highest BCUT2D eigenvalue weighted by molar-refractivity contribution is 6.31. The molecule has 0 bridgehead atoms. The molecule has 4 nitrogen and oxygen atoms in total. The van der Waals surface area contributed by atoms with Gasteiger partial charge in [-0.1, -0.05) is 54.1 Å². The molecule has 4 rings (SSSR count). The standard InChI is InChI=1S/C23H18ClN3O/c24-19-9-3-1-7-16(19)12-14-26-23(28)18-15-22(21-11-5-6-13-25-21)27-20-10-4-2-8-17(18)20/h1-11,13,15H,12,14H2,(H,26,28). The van der Waals surface area contributed by atoms with Crippen molar-refractivity contribution >= 4 is 28.4 Å². The van der Waals surface area contributed by atoms with Gasteiger partial charge in [0, 0.05) is 23.2 Å². The van der Waals surface area contributed by atoms with Crippen LogP contribution >= 0.6 is 11.6 Å². The van der Waals surface area contributed by atoms with E-state index in [0.717, 1.165) is 22.2 Å². The zero-order valence-electron chi connectivity index (χ0n) is 15.1. The number of fused-ring (bicyclic) bond motifs is 1. The fourth-order valence-electron chi connectivity index (χ4n) is 3.12. The molecule has 0 aliphatic heterocycles. The van der Waals surface area contributed by atoms with Gasteiger partial charge in [-0.3, -0.25) is 9.78 Å². The minimum absolute atomic E-state index is 0.136. The summed E-state index contributed by atoms with van der Waals surface area (Å²) < 4.78 is 0. The number of amides is 1. The van der Waals surface area contributed by atoms with Gasteiger partial charge in [-0.05, 0) is 42.3 Å². The third-order valence-electron chi connectivity index (χ3n) is 4.53. The molecular weight excluding hydrogens is 370 g/mol. The Hall–Kier alpha value is -3.24. The molecule has 2 aromatic heterocycles. The van der Waals surface area contributed by atoms with Crippen LogP contribution in [0, 0.1) is 0 Å². The summed E-state index contributed by atoms with van der Waals surface area (Å²) in [4.78, 5) is 22.0. The Bertz CT molecular complexity index is 1130. The minimum atomic E-state index is -0.136. The molecule has 0 saturated heterocycles. The molecule has 0 unspecified atom stereocenters. The van der Waals surface area contributed by atoms with Crippen LogP contribution in [0.15, 0.2) is 79.0 Å². The normalized spacial score (nSPS) is 10.8. The Kier molecular flexibility index (Phi) is 5.31. The van der Waals surface area contributed by atoms with Crippen LogP contribution in [0.1, 0.15) is 15.9 Å². The lowest BCUT2D eigenvalue weighted by molar-refractivity contribution is 0.0956. The summed E-state index contributed by atoms with van der Waals surface area (Å²) in [6.07, 6.45) is 2.39. The lowest BCUT2D eigenvalue weighted by atomic mass is 10.1. The van der Waals surface area contributed by atoms with Gasteiger partial charge in [0.2, 0.25) is 0 Å². The van der Waals surface area contributed by atoms with Crippen molar-refractivity contribution in [2.75, 3.05) is 6.54 Å². The van der Waals surface area contributed by atoms with E-state index in [9.17, 15) is 4.79 Å². The zero-order chi connectivity index (χ0) is 19.3. The zero-order valence-corrected chi connectivity index (χ0v) is 15.9. The Morgan fingerprint density at radius 2 is 1.71 bits per heavy atom. The number of nitrogens with zero attached hydrogens (tertiary/aromatic N) is 2. The lowest BCUT2D eigenvalue weighted by Gasteiger charge is -2.11. The van der Waals surface area contributed by atoms with Crippen molar-refractivity contribution in [3.63, 3.8) is 0 Å². The number of aromatic nitrogens is 2. The first-order valence-corrected chi connectivity index (χ1v) is 9.43. The van der Waals surface area contributed by atoms with Crippen LogP contribution in [0.4, 0.5) is 0 Å². The monoisotopic (exact) mass is 387 g/mol. The quantitative estimate of drug-likeness (QED) is 0.528. The highest BCUT2D eigenvalue weighted by atomic mass is 35.5. The van der Waals surface area contributed by atoms with Gasteiger partial charge < -0.3 is 5.32 Å². The maximum absolute atomic E-state index is 12.9. The highest BCUT2D eigenvalue weighted by Gasteiger charge is 2.14. The first kappa shape index (κ1) is 18.1. The van der Waals surface area contributed by atoms with E-state index in [-0.39, 0.29) is 5.91 Å². The predicted octanol–water partition coefficient (Wildman–Crippen LogP) is 4.92. The summed E-state index contributed by atoms with van der Waals surface area (Å²) in [5, 5.41) is 4.53. The Balaban J connectivity index is 1.61. The van der Waals surface area contributed by atoms with Gasteiger partial charge in [0.1, 0.15) is 0 Å². The van der Waals surface area contributed by atoms with Crippen molar-refractivity contribution in [2.24, 2.45) is 0 Å². The van der Waals surface area contributed by atoms with Crippen LogP contribution in [0.25, 0.3) is 22.3 Å². The summed E-state index contributed by atoms with van der Waals surface area (Å²) in [7, 11) is 0. The predicted molar refractivity (Wildman–Crippen MR) is 112 cm³/mol. The lowest BCUT2D eigenvalue weighted by Crippen LogP contribution is -2.26. The molecule has 1 N–H and O–H groups in total. The Morgan fingerprint density at radius 3 is 2.54 bits per heavy atom. The largest absolute Gasteiger partial charge is 0.352 e. The molecule has 1 amide bonds. The van der Waals surface area contributed by atoms with E-state index < -0.39 is 0 Å². The van der Waals surface area contributed by atoms with Gasteiger partial charge in [0.25, 0.3) is 5.91 Å². The summed E-state index contributed by atoms with van der Waals surface area (Å²) >= 11 is 6.20. The van der Waals surface area contributed by atoms with Gasteiger partial charge in [0.05, 0.1) is 22.5 Å². The second-order valence-electron chi connectivity index (χ2n) is 6.38. The average Bonchev–Trinajstić information content (AvgIpc) is 2.75. The van der Waals surface area contributed by atoms with Crippen molar-refractivity contribution < 1.29 is 4.79 Å². The number of pyridine rings is 2. The second-order valence-corrected chi connectivity index (χ2v) is 6.79. The molecular formula is C23H18ClN3O. The van der Waals surface area contributed by atoms with Gasteiger partial charge in [0.15, 0.2) is 0 Å². The second kappa shape index (κ2) is 8.19. The molecule has 0 radical (unpaired) electrons. The summed E-state index contributed by atoms with van der Waals surface area (Å²) in [6.45, 7) is 0.498. The van der Waals surface area contributed by atoms with Crippen LogP contribution < -0.4 is 5.32 Å². The van der Waals surface area contributed by atoms with Gasteiger partial charge in [-0.15, -0.1) is 0 Å². The number of hydrogen-bond donors (Lipinski definition) is 1. The number of benzene rings is 2. The van der Waals surface area contributed by atoms with Gasteiger partial charge in [-0.2, -0.15) is 0 Å². The molecule has 0 aliphatic carbocycles. The molecule has 0 fully saturated rings. The maximum Gasteiger partial charge on any atom is 0.252 e.